The van der Waals surface area contributed by atoms with Crippen LogP contribution in [0.3, 0.4) is 0 Å². The zero-order valence-electron chi connectivity index (χ0n) is 12.8. The minimum absolute atomic E-state index is 0.101. The van der Waals surface area contributed by atoms with Gasteiger partial charge in [-0.25, -0.2) is 0 Å². The van der Waals surface area contributed by atoms with Crippen LogP contribution in [0.15, 0.2) is 24.3 Å². The molecule has 1 fully saturated rings. The Hall–Kier alpha value is -0.710. The van der Waals surface area contributed by atoms with E-state index in [9.17, 15) is 0 Å². The number of hydrogen-bond acceptors (Lipinski definition) is 4. The zero-order valence-corrected chi connectivity index (χ0v) is 13.6. The molecule has 2 atom stereocenters. The van der Waals surface area contributed by atoms with Crippen LogP contribution in [0.4, 0.5) is 0 Å². The number of likely N-dealkylation sites (N-methyl/N-ethyl adjacent to an activating group) is 1. The predicted octanol–water partition coefficient (Wildman–Crippen LogP) is 2.74. The van der Waals surface area contributed by atoms with Crippen molar-refractivity contribution in [2.75, 3.05) is 26.5 Å². The van der Waals surface area contributed by atoms with E-state index in [0.717, 1.165) is 12.3 Å². The number of para-hydroxylation sites is 1. The molecule has 112 valence electrons. The number of thioether (sulfide) groups is 1. The second kappa shape index (κ2) is 6.83. The molecule has 0 amide bonds. The Kier molecular flexibility index (Phi) is 5.35. The summed E-state index contributed by atoms with van der Waals surface area (Å²) in [4.78, 5) is 2.43. The van der Waals surface area contributed by atoms with Gasteiger partial charge in [0, 0.05) is 29.4 Å². The van der Waals surface area contributed by atoms with Crippen molar-refractivity contribution in [2.24, 2.45) is 5.73 Å². The summed E-state index contributed by atoms with van der Waals surface area (Å²) in [5.41, 5.74) is 7.50. The second-order valence-corrected chi connectivity index (χ2v) is 7.04. The minimum atomic E-state index is 0.101. The largest absolute Gasteiger partial charge is 0.496 e. The number of rotatable bonds is 5. The summed E-state index contributed by atoms with van der Waals surface area (Å²) in [6.45, 7) is 3.91. The average Bonchev–Trinajstić information content (AvgIpc) is 2.48. The van der Waals surface area contributed by atoms with Gasteiger partial charge in [-0.2, -0.15) is 11.8 Å². The van der Waals surface area contributed by atoms with Crippen molar-refractivity contribution in [3.63, 3.8) is 0 Å². The van der Waals surface area contributed by atoms with Crippen LogP contribution in [0.1, 0.15) is 25.3 Å². The van der Waals surface area contributed by atoms with Crippen molar-refractivity contribution in [3.8, 4) is 5.75 Å². The van der Waals surface area contributed by atoms with Crippen LogP contribution in [0, 0.1) is 0 Å². The van der Waals surface area contributed by atoms with Crippen molar-refractivity contribution in [1.82, 2.24) is 4.90 Å². The van der Waals surface area contributed by atoms with Gasteiger partial charge in [0.1, 0.15) is 5.75 Å². The number of nitrogens with two attached hydrogens (primary N) is 1. The molecule has 0 bridgehead atoms. The SMILES string of the molecule is COc1ccccc1CN(C)C1(CN)CCCSC1C. The quantitative estimate of drug-likeness (QED) is 0.906. The molecule has 3 nitrogen and oxygen atoms in total. The second-order valence-electron chi connectivity index (χ2n) is 5.59. The molecule has 2 unspecified atom stereocenters. The van der Waals surface area contributed by atoms with Crippen molar-refractivity contribution < 1.29 is 4.74 Å². The van der Waals surface area contributed by atoms with E-state index in [2.05, 4.69) is 31.0 Å². The van der Waals surface area contributed by atoms with Gasteiger partial charge in [-0.05, 0) is 31.7 Å². The van der Waals surface area contributed by atoms with Gasteiger partial charge < -0.3 is 10.5 Å². The lowest BCUT2D eigenvalue weighted by Crippen LogP contribution is -2.59. The fourth-order valence-corrected chi connectivity index (χ4v) is 4.54. The summed E-state index contributed by atoms with van der Waals surface area (Å²) < 4.78 is 5.46. The summed E-state index contributed by atoms with van der Waals surface area (Å²) in [7, 11) is 3.93. The van der Waals surface area contributed by atoms with Gasteiger partial charge in [0.05, 0.1) is 7.11 Å². The highest BCUT2D eigenvalue weighted by molar-refractivity contribution is 8.00. The Morgan fingerprint density at radius 1 is 1.45 bits per heavy atom. The molecule has 0 saturated carbocycles. The van der Waals surface area contributed by atoms with Crippen molar-refractivity contribution >= 4 is 11.8 Å². The monoisotopic (exact) mass is 294 g/mol. The maximum absolute atomic E-state index is 6.17. The summed E-state index contributed by atoms with van der Waals surface area (Å²) in [6.07, 6.45) is 2.44. The third kappa shape index (κ3) is 2.97. The lowest BCUT2D eigenvalue weighted by atomic mass is 9.87. The van der Waals surface area contributed by atoms with Crippen LogP contribution < -0.4 is 10.5 Å². The first kappa shape index (κ1) is 15.7. The van der Waals surface area contributed by atoms with Gasteiger partial charge in [0.25, 0.3) is 0 Å². The molecule has 0 aliphatic carbocycles. The maximum atomic E-state index is 6.17. The molecular weight excluding hydrogens is 268 g/mol. The molecule has 1 aliphatic heterocycles. The normalized spacial score (nSPS) is 26.8. The Balaban J connectivity index is 2.18. The van der Waals surface area contributed by atoms with Gasteiger partial charge in [-0.1, -0.05) is 25.1 Å². The molecule has 0 radical (unpaired) electrons. The molecule has 1 heterocycles. The lowest BCUT2D eigenvalue weighted by Gasteiger charge is -2.48. The zero-order chi connectivity index (χ0) is 14.6. The number of nitrogens with zero attached hydrogens (tertiary/aromatic N) is 1. The topological polar surface area (TPSA) is 38.5 Å². The van der Waals surface area contributed by atoms with Crippen LogP contribution in [-0.4, -0.2) is 42.1 Å². The molecule has 20 heavy (non-hydrogen) atoms. The molecule has 2 N–H and O–H groups in total. The third-order valence-corrected chi connectivity index (χ3v) is 6.06. The molecule has 1 aliphatic rings. The first-order valence-corrected chi connectivity index (χ1v) is 8.33. The molecule has 1 aromatic carbocycles. The standard InChI is InChI=1S/C16H26N2OS/c1-13-16(12-17,9-6-10-20-13)18(2)11-14-7-4-5-8-15(14)19-3/h4-5,7-8,13H,6,9-12,17H2,1-3H3. The van der Waals surface area contributed by atoms with Crippen molar-refractivity contribution in [2.45, 2.75) is 37.1 Å². The molecule has 2 rings (SSSR count). The van der Waals surface area contributed by atoms with Crippen LogP contribution >= 0.6 is 11.8 Å². The number of methoxy groups -OCH3 is 1. The van der Waals surface area contributed by atoms with Crippen LogP contribution in [0.5, 0.6) is 5.75 Å². The predicted molar refractivity (Wildman–Crippen MR) is 87.4 cm³/mol. The van der Waals surface area contributed by atoms with Crippen molar-refractivity contribution in [1.29, 1.82) is 0 Å². The first-order chi connectivity index (χ1) is 9.64. The van der Waals surface area contributed by atoms with E-state index in [-0.39, 0.29) is 5.54 Å². The van der Waals surface area contributed by atoms with Crippen LogP contribution in [0.2, 0.25) is 0 Å². The molecule has 4 heteroatoms. The Morgan fingerprint density at radius 2 is 2.20 bits per heavy atom. The number of benzene rings is 1. The summed E-state index contributed by atoms with van der Waals surface area (Å²) >= 11 is 2.05. The van der Waals surface area contributed by atoms with E-state index in [1.807, 2.05) is 23.9 Å². The molecule has 0 aromatic heterocycles. The molecule has 0 spiro atoms. The van der Waals surface area contributed by atoms with E-state index < -0.39 is 0 Å². The number of hydrogen-bond donors (Lipinski definition) is 1. The number of ether oxygens (including phenoxy) is 1. The Morgan fingerprint density at radius 3 is 2.85 bits per heavy atom. The smallest absolute Gasteiger partial charge is 0.123 e. The van der Waals surface area contributed by atoms with E-state index in [1.165, 1.54) is 24.2 Å². The van der Waals surface area contributed by atoms with E-state index in [1.54, 1.807) is 7.11 Å². The highest BCUT2D eigenvalue weighted by atomic mass is 32.2. The highest BCUT2D eigenvalue weighted by Crippen LogP contribution is 2.38. The van der Waals surface area contributed by atoms with Gasteiger partial charge in [-0.3, -0.25) is 4.90 Å². The average molecular weight is 294 g/mol. The van der Waals surface area contributed by atoms with Gasteiger partial charge in [0.2, 0.25) is 0 Å². The van der Waals surface area contributed by atoms with E-state index >= 15 is 0 Å². The third-order valence-electron chi connectivity index (χ3n) is 4.59. The maximum Gasteiger partial charge on any atom is 0.123 e. The first-order valence-electron chi connectivity index (χ1n) is 7.29. The molecular formula is C16H26N2OS. The Labute approximate surface area is 126 Å². The van der Waals surface area contributed by atoms with Gasteiger partial charge >= 0.3 is 0 Å². The summed E-state index contributed by atoms with van der Waals surface area (Å²) in [5.74, 6) is 2.22. The molecule has 1 saturated heterocycles. The molecule has 1 aromatic rings. The van der Waals surface area contributed by atoms with E-state index in [4.69, 9.17) is 10.5 Å². The fourth-order valence-electron chi connectivity index (χ4n) is 3.17. The minimum Gasteiger partial charge on any atom is -0.496 e. The van der Waals surface area contributed by atoms with E-state index in [0.29, 0.717) is 11.8 Å². The van der Waals surface area contributed by atoms with Gasteiger partial charge in [-0.15, -0.1) is 0 Å². The van der Waals surface area contributed by atoms with Crippen LogP contribution in [-0.2, 0) is 6.54 Å². The fraction of sp³-hybridized carbons (Fsp3) is 0.625. The summed E-state index contributed by atoms with van der Waals surface area (Å²) in [5, 5.41) is 0.570. The highest BCUT2D eigenvalue weighted by Gasteiger charge is 2.41. The van der Waals surface area contributed by atoms with Crippen LogP contribution in [0.25, 0.3) is 0 Å². The lowest BCUT2D eigenvalue weighted by molar-refractivity contribution is 0.103. The summed E-state index contributed by atoms with van der Waals surface area (Å²) in [6, 6.07) is 8.25. The Bertz CT molecular complexity index is 440. The van der Waals surface area contributed by atoms with Gasteiger partial charge in [0.15, 0.2) is 0 Å². The van der Waals surface area contributed by atoms with Crippen molar-refractivity contribution in [3.05, 3.63) is 29.8 Å².